The molecule has 1 aliphatic rings. The largest absolute Gasteiger partial charge is 0.471 e. The molecule has 1 unspecified atom stereocenters. The fraction of sp³-hybridized carbons (Fsp3) is 0.923. The summed E-state index contributed by atoms with van der Waals surface area (Å²) in [6.07, 6.45) is 0.676. The van der Waals surface area contributed by atoms with E-state index in [0.29, 0.717) is 6.42 Å². The second kappa shape index (κ2) is 6.11. The molecular weight excluding hydrogens is 259 g/mol. The molecule has 6 heteroatoms. The summed E-state index contributed by atoms with van der Waals surface area (Å²) in [4.78, 5) is 11.0. The Bertz CT molecular complexity index is 304. The van der Waals surface area contributed by atoms with Crippen LogP contribution in [0, 0.1) is 5.92 Å². The van der Waals surface area contributed by atoms with Gasteiger partial charge in [0.1, 0.15) is 0 Å². The van der Waals surface area contributed by atoms with Crippen LogP contribution in [0.1, 0.15) is 52.4 Å². The molecule has 0 bridgehead atoms. The van der Waals surface area contributed by atoms with Gasteiger partial charge in [-0.3, -0.25) is 4.79 Å². The smallest absolute Gasteiger partial charge is 0.388 e. The van der Waals surface area contributed by atoms with E-state index in [2.05, 4.69) is 0 Å². The van der Waals surface area contributed by atoms with E-state index in [1.165, 1.54) is 13.8 Å². The topological polar surface area (TPSA) is 49.3 Å². The van der Waals surface area contributed by atoms with Gasteiger partial charge in [0.15, 0.2) is 0 Å². The summed E-state index contributed by atoms with van der Waals surface area (Å²) < 4.78 is 36.8. The van der Waals surface area contributed by atoms with Gasteiger partial charge in [-0.2, -0.15) is 13.2 Å². The molecule has 0 saturated heterocycles. The zero-order valence-electron chi connectivity index (χ0n) is 11.4. The first-order valence-corrected chi connectivity index (χ1v) is 6.71. The number of halogens is 3. The van der Waals surface area contributed by atoms with Crippen LogP contribution in [0.15, 0.2) is 0 Å². The predicted molar refractivity (Wildman–Crippen MR) is 65.5 cm³/mol. The minimum atomic E-state index is -4.91. The molecular formula is C13H22F3NO2. The van der Waals surface area contributed by atoms with E-state index in [0.717, 1.165) is 32.1 Å². The average Bonchev–Trinajstić information content (AvgIpc) is 2.27. The average molecular weight is 281 g/mol. The molecule has 1 saturated carbocycles. The van der Waals surface area contributed by atoms with Crippen molar-refractivity contribution in [2.75, 3.05) is 0 Å². The van der Waals surface area contributed by atoms with Crippen molar-refractivity contribution in [3.63, 3.8) is 0 Å². The van der Waals surface area contributed by atoms with Crippen molar-refractivity contribution >= 4 is 5.91 Å². The van der Waals surface area contributed by atoms with Crippen molar-refractivity contribution in [3.8, 4) is 0 Å². The van der Waals surface area contributed by atoms with Gasteiger partial charge >= 0.3 is 12.1 Å². The van der Waals surface area contributed by atoms with E-state index >= 15 is 0 Å². The molecule has 0 aromatic carbocycles. The molecule has 1 aliphatic carbocycles. The first-order chi connectivity index (χ1) is 8.60. The maximum atomic E-state index is 12.3. The molecule has 0 aromatic heterocycles. The Balaban J connectivity index is 2.64. The van der Waals surface area contributed by atoms with Gasteiger partial charge in [-0.1, -0.05) is 32.1 Å². The van der Waals surface area contributed by atoms with Crippen LogP contribution in [0.2, 0.25) is 0 Å². The normalized spacial score (nSPS) is 20.1. The molecule has 0 aliphatic heterocycles. The van der Waals surface area contributed by atoms with Crippen LogP contribution in [0.5, 0.6) is 0 Å². The lowest BCUT2D eigenvalue weighted by Crippen LogP contribution is -2.53. The van der Waals surface area contributed by atoms with Crippen molar-refractivity contribution in [1.82, 2.24) is 5.32 Å². The van der Waals surface area contributed by atoms with Gasteiger partial charge in [-0.25, -0.2) is 0 Å². The number of amides is 1. The molecule has 0 radical (unpaired) electrons. The maximum Gasteiger partial charge on any atom is 0.471 e. The molecule has 1 fully saturated rings. The second-order valence-electron chi connectivity index (χ2n) is 5.92. The molecule has 0 heterocycles. The zero-order chi connectivity index (χ0) is 14.7. The molecule has 1 atom stereocenters. The van der Waals surface area contributed by atoms with Gasteiger partial charge in [-0.05, 0) is 26.2 Å². The standard InChI is InChI=1S/C13H22F3NO2/c1-12(2,19)10(17-11(18)13(14,15)16)8-9-6-4-3-5-7-9/h9-10,19H,3-8H2,1-2H3,(H,17,18). The van der Waals surface area contributed by atoms with Crippen molar-refractivity contribution in [2.45, 2.75) is 70.2 Å². The number of aliphatic hydroxyl groups is 1. The highest BCUT2D eigenvalue weighted by Gasteiger charge is 2.42. The number of nitrogens with one attached hydrogen (secondary N) is 1. The van der Waals surface area contributed by atoms with E-state index in [4.69, 9.17) is 0 Å². The first-order valence-electron chi connectivity index (χ1n) is 6.71. The summed E-state index contributed by atoms with van der Waals surface area (Å²) in [5.74, 6) is -1.70. The van der Waals surface area contributed by atoms with Crippen molar-refractivity contribution in [1.29, 1.82) is 0 Å². The lowest BCUT2D eigenvalue weighted by molar-refractivity contribution is -0.176. The monoisotopic (exact) mass is 281 g/mol. The Labute approximate surface area is 111 Å². The third-order valence-electron chi connectivity index (χ3n) is 3.71. The number of carbonyl (C=O) groups is 1. The highest BCUT2D eigenvalue weighted by Crippen LogP contribution is 2.30. The third-order valence-corrected chi connectivity index (χ3v) is 3.71. The van der Waals surface area contributed by atoms with Crippen molar-refractivity contribution in [2.24, 2.45) is 5.92 Å². The summed E-state index contributed by atoms with van der Waals surface area (Å²) in [6, 6.07) is -0.871. The van der Waals surface area contributed by atoms with Gasteiger partial charge in [0.05, 0.1) is 11.6 Å². The third kappa shape index (κ3) is 5.38. The molecule has 19 heavy (non-hydrogen) atoms. The minimum absolute atomic E-state index is 0.277. The zero-order valence-corrected chi connectivity index (χ0v) is 11.4. The first kappa shape index (κ1) is 16.3. The predicted octanol–water partition coefficient (Wildman–Crippen LogP) is 2.77. The fourth-order valence-corrected chi connectivity index (χ4v) is 2.52. The summed E-state index contributed by atoms with van der Waals surface area (Å²) in [5, 5.41) is 11.9. The molecule has 112 valence electrons. The lowest BCUT2D eigenvalue weighted by atomic mass is 9.81. The van der Waals surface area contributed by atoms with Crippen LogP contribution in [-0.2, 0) is 4.79 Å². The van der Waals surface area contributed by atoms with E-state index in [1.807, 2.05) is 5.32 Å². The van der Waals surface area contributed by atoms with Gasteiger partial charge in [0.2, 0.25) is 0 Å². The van der Waals surface area contributed by atoms with Crippen molar-refractivity contribution < 1.29 is 23.1 Å². The Kier molecular flexibility index (Phi) is 5.24. The van der Waals surface area contributed by atoms with E-state index in [9.17, 15) is 23.1 Å². The van der Waals surface area contributed by atoms with Gasteiger partial charge in [0, 0.05) is 0 Å². The van der Waals surface area contributed by atoms with E-state index < -0.39 is 23.7 Å². The lowest BCUT2D eigenvalue weighted by Gasteiger charge is -2.34. The molecule has 3 nitrogen and oxygen atoms in total. The fourth-order valence-electron chi connectivity index (χ4n) is 2.52. The highest BCUT2D eigenvalue weighted by atomic mass is 19.4. The van der Waals surface area contributed by atoms with E-state index in [-0.39, 0.29) is 5.92 Å². The Hall–Kier alpha value is -0.780. The second-order valence-corrected chi connectivity index (χ2v) is 5.92. The summed E-state index contributed by atoms with van der Waals surface area (Å²) in [7, 11) is 0. The minimum Gasteiger partial charge on any atom is -0.388 e. The summed E-state index contributed by atoms with van der Waals surface area (Å²) >= 11 is 0. The highest BCUT2D eigenvalue weighted by molar-refractivity contribution is 5.82. The van der Waals surface area contributed by atoms with Crippen LogP contribution in [0.3, 0.4) is 0 Å². The SMILES string of the molecule is CC(C)(O)C(CC1CCCCC1)NC(=O)C(F)(F)F. The number of carbonyl (C=O) groups excluding carboxylic acids is 1. The van der Waals surface area contributed by atoms with Gasteiger partial charge in [-0.15, -0.1) is 0 Å². The Morgan fingerprint density at radius 1 is 1.26 bits per heavy atom. The number of hydrogen-bond donors (Lipinski definition) is 2. The molecule has 0 spiro atoms. The van der Waals surface area contributed by atoms with E-state index in [1.54, 1.807) is 0 Å². The van der Waals surface area contributed by atoms with Crippen LogP contribution >= 0.6 is 0 Å². The summed E-state index contributed by atoms with van der Waals surface area (Å²) in [5.41, 5.74) is -1.36. The molecule has 0 aromatic rings. The van der Waals surface area contributed by atoms with Crippen molar-refractivity contribution in [3.05, 3.63) is 0 Å². The van der Waals surface area contributed by atoms with Crippen LogP contribution in [-0.4, -0.2) is 28.8 Å². The van der Waals surface area contributed by atoms with Crippen LogP contribution in [0.4, 0.5) is 13.2 Å². The quantitative estimate of drug-likeness (QED) is 0.832. The van der Waals surface area contributed by atoms with Gasteiger partial charge < -0.3 is 10.4 Å². The Morgan fingerprint density at radius 2 is 1.79 bits per heavy atom. The number of rotatable bonds is 4. The van der Waals surface area contributed by atoms with Crippen LogP contribution in [0.25, 0.3) is 0 Å². The molecule has 2 N–H and O–H groups in total. The number of hydrogen-bond acceptors (Lipinski definition) is 2. The number of alkyl halides is 3. The maximum absolute atomic E-state index is 12.3. The van der Waals surface area contributed by atoms with Crippen LogP contribution < -0.4 is 5.32 Å². The Morgan fingerprint density at radius 3 is 2.21 bits per heavy atom. The molecule has 1 amide bonds. The summed E-state index contributed by atoms with van der Waals surface area (Å²) in [6.45, 7) is 2.86. The molecule has 1 rings (SSSR count). The van der Waals surface area contributed by atoms with Gasteiger partial charge in [0.25, 0.3) is 0 Å².